The topological polar surface area (TPSA) is 31.2 Å². The first-order chi connectivity index (χ1) is 13.0. The van der Waals surface area contributed by atoms with Crippen LogP contribution in [-0.2, 0) is 16.1 Å². The van der Waals surface area contributed by atoms with Crippen LogP contribution in [0.4, 0.5) is 4.39 Å². The van der Waals surface area contributed by atoms with Crippen LogP contribution >= 0.6 is 43.6 Å². The molecule has 0 spiro atoms. The largest absolute Gasteiger partial charge is 0.456 e. The maximum absolute atomic E-state index is 14.1. The Morgan fingerprint density at radius 2 is 2.04 bits per heavy atom. The maximum atomic E-state index is 14.1. The first kappa shape index (κ1) is 19.0. The van der Waals surface area contributed by atoms with Crippen LogP contribution < -0.4 is 0 Å². The highest BCUT2D eigenvalue weighted by Crippen LogP contribution is 2.48. The number of rotatable bonds is 4. The van der Waals surface area contributed by atoms with Crippen LogP contribution in [0.3, 0.4) is 0 Å². The lowest BCUT2D eigenvalue weighted by atomic mass is 10.2. The Labute approximate surface area is 177 Å². The lowest BCUT2D eigenvalue weighted by Gasteiger charge is -2.13. The molecule has 1 aliphatic heterocycles. The van der Waals surface area contributed by atoms with Gasteiger partial charge in [-0.2, -0.15) is 0 Å². The van der Waals surface area contributed by atoms with Crippen LogP contribution in [0, 0.1) is 5.82 Å². The third-order valence-corrected chi connectivity index (χ3v) is 6.87. The number of ether oxygens (including phenoxy) is 1. The van der Waals surface area contributed by atoms with Gasteiger partial charge < -0.3 is 9.30 Å². The predicted octanol–water partition coefficient (Wildman–Crippen LogP) is 6.85. The van der Waals surface area contributed by atoms with Gasteiger partial charge in [0.05, 0.1) is 11.2 Å². The Balaban J connectivity index is 1.88. The van der Waals surface area contributed by atoms with Crippen molar-refractivity contribution in [3.05, 3.63) is 56.9 Å². The Kier molecular flexibility index (Phi) is 5.36. The molecule has 0 fully saturated rings. The van der Waals surface area contributed by atoms with E-state index in [-0.39, 0.29) is 17.9 Å². The zero-order chi connectivity index (χ0) is 19.1. The number of hydrogen-bond donors (Lipinski definition) is 0. The number of carbonyl (C=O) groups is 1. The number of carbonyl (C=O) groups excluding carboxylic acids is 1. The van der Waals surface area contributed by atoms with E-state index in [1.807, 2.05) is 24.3 Å². The molecule has 1 atom stereocenters. The second kappa shape index (κ2) is 7.60. The van der Waals surface area contributed by atoms with Gasteiger partial charge in [-0.1, -0.05) is 34.6 Å². The fourth-order valence-electron chi connectivity index (χ4n) is 3.40. The quantitative estimate of drug-likeness (QED) is 0.358. The molecule has 0 amide bonds. The van der Waals surface area contributed by atoms with E-state index in [9.17, 15) is 9.18 Å². The summed E-state index contributed by atoms with van der Waals surface area (Å²) < 4.78 is 23.6. The average molecular weight is 513 g/mol. The van der Waals surface area contributed by atoms with Crippen LogP contribution in [-0.4, -0.2) is 10.5 Å². The minimum atomic E-state index is -0.308. The second-order valence-electron chi connectivity index (χ2n) is 6.32. The molecule has 2 aromatic carbocycles. The lowest BCUT2D eigenvalue weighted by Crippen LogP contribution is -2.08. The summed E-state index contributed by atoms with van der Waals surface area (Å²) in [6.45, 7) is 2.49. The molecule has 3 aromatic rings. The van der Waals surface area contributed by atoms with Gasteiger partial charge in [0.1, 0.15) is 11.9 Å². The van der Waals surface area contributed by atoms with Gasteiger partial charge in [-0.05, 0) is 52.3 Å². The molecule has 1 aromatic heterocycles. The van der Waals surface area contributed by atoms with Crippen LogP contribution in [0.1, 0.15) is 31.6 Å². The fraction of sp³-hybridized carbons (Fsp3) is 0.250. The molecule has 0 aliphatic carbocycles. The summed E-state index contributed by atoms with van der Waals surface area (Å²) in [7, 11) is 0. The van der Waals surface area contributed by atoms with E-state index in [2.05, 4.69) is 36.4 Å². The number of nitrogens with zero attached hydrogens (tertiary/aromatic N) is 1. The molecule has 0 radical (unpaired) electrons. The molecule has 0 saturated heterocycles. The van der Waals surface area contributed by atoms with Crippen LogP contribution in [0.15, 0.2) is 55.1 Å². The standard InChI is InChI=1S/C20H16Br2FNO2S/c1-2-17(25)26-16-7-8-24-15-10-12(23)9-14(22)18(15)20(19(16)24)27-13-5-3-11(21)4-6-13/h3-6,9-10,16H,2,7-8H2,1H3/t16-/m1/s1. The van der Waals surface area contributed by atoms with Crippen molar-refractivity contribution < 1.29 is 13.9 Å². The molecular weight excluding hydrogens is 497 g/mol. The molecule has 1 aliphatic rings. The van der Waals surface area contributed by atoms with Gasteiger partial charge in [-0.25, -0.2) is 4.39 Å². The molecule has 4 rings (SSSR count). The van der Waals surface area contributed by atoms with Crippen molar-refractivity contribution in [1.82, 2.24) is 4.57 Å². The van der Waals surface area contributed by atoms with Crippen molar-refractivity contribution in [2.45, 2.75) is 42.2 Å². The van der Waals surface area contributed by atoms with Crippen LogP contribution in [0.25, 0.3) is 10.9 Å². The summed E-state index contributed by atoms with van der Waals surface area (Å²) in [5.41, 5.74) is 1.78. The van der Waals surface area contributed by atoms with Crippen molar-refractivity contribution in [3.8, 4) is 0 Å². The minimum Gasteiger partial charge on any atom is -0.456 e. The Morgan fingerprint density at radius 3 is 2.74 bits per heavy atom. The first-order valence-corrected chi connectivity index (χ1v) is 11.0. The maximum Gasteiger partial charge on any atom is 0.306 e. The van der Waals surface area contributed by atoms with Crippen molar-refractivity contribution >= 4 is 60.5 Å². The average Bonchev–Trinajstić information content (AvgIpc) is 3.17. The van der Waals surface area contributed by atoms with Crippen molar-refractivity contribution in [3.63, 3.8) is 0 Å². The molecule has 0 N–H and O–H groups in total. The van der Waals surface area contributed by atoms with E-state index in [0.29, 0.717) is 23.9 Å². The zero-order valence-electron chi connectivity index (χ0n) is 14.5. The molecule has 7 heteroatoms. The van der Waals surface area contributed by atoms with E-state index < -0.39 is 0 Å². The van der Waals surface area contributed by atoms with E-state index in [4.69, 9.17) is 4.74 Å². The van der Waals surface area contributed by atoms with E-state index in [1.54, 1.807) is 24.8 Å². The van der Waals surface area contributed by atoms with Crippen LogP contribution in [0.5, 0.6) is 0 Å². The first-order valence-electron chi connectivity index (χ1n) is 8.62. The number of hydrogen-bond acceptors (Lipinski definition) is 3. The Bertz CT molecular complexity index is 1030. The van der Waals surface area contributed by atoms with E-state index in [1.165, 1.54) is 6.07 Å². The van der Waals surface area contributed by atoms with Gasteiger partial charge in [-0.3, -0.25) is 4.79 Å². The van der Waals surface area contributed by atoms with Crippen molar-refractivity contribution in [1.29, 1.82) is 0 Å². The SMILES string of the molecule is CCC(=O)O[C@@H]1CCn2c1c(Sc1ccc(Br)cc1)c1c(Br)cc(F)cc12. The molecule has 0 bridgehead atoms. The zero-order valence-corrected chi connectivity index (χ0v) is 18.5. The summed E-state index contributed by atoms with van der Waals surface area (Å²) in [6.07, 6.45) is 0.737. The molecule has 3 nitrogen and oxygen atoms in total. The van der Waals surface area contributed by atoms with Crippen molar-refractivity contribution in [2.75, 3.05) is 0 Å². The van der Waals surface area contributed by atoms with Gasteiger partial charge in [0.15, 0.2) is 0 Å². The van der Waals surface area contributed by atoms with E-state index >= 15 is 0 Å². The minimum absolute atomic E-state index is 0.219. The molecule has 0 unspecified atom stereocenters. The van der Waals surface area contributed by atoms with Crippen molar-refractivity contribution in [2.24, 2.45) is 0 Å². The third-order valence-electron chi connectivity index (χ3n) is 4.59. The van der Waals surface area contributed by atoms with Gasteiger partial charge >= 0.3 is 5.97 Å². The molecule has 27 heavy (non-hydrogen) atoms. The van der Waals surface area contributed by atoms with Gasteiger partial charge in [0.2, 0.25) is 0 Å². The monoisotopic (exact) mass is 511 g/mol. The van der Waals surface area contributed by atoms with Gasteiger partial charge in [0.25, 0.3) is 0 Å². The van der Waals surface area contributed by atoms with Gasteiger partial charge in [-0.15, -0.1) is 0 Å². The highest BCUT2D eigenvalue weighted by Gasteiger charge is 2.33. The molecular formula is C20H16Br2FNO2S. The third kappa shape index (κ3) is 3.57. The Hall–Kier alpha value is -1.31. The summed E-state index contributed by atoms with van der Waals surface area (Å²) in [6, 6.07) is 11.1. The fourth-order valence-corrected chi connectivity index (χ4v) is 5.59. The summed E-state index contributed by atoms with van der Waals surface area (Å²) in [4.78, 5) is 14.0. The highest BCUT2D eigenvalue weighted by atomic mass is 79.9. The number of aryl methyl sites for hydroxylation is 1. The smallest absolute Gasteiger partial charge is 0.306 e. The lowest BCUT2D eigenvalue weighted by molar-refractivity contribution is -0.149. The van der Waals surface area contributed by atoms with Gasteiger partial charge in [0, 0.05) is 43.5 Å². The molecule has 0 saturated carbocycles. The van der Waals surface area contributed by atoms with E-state index in [0.717, 1.165) is 30.9 Å². The Morgan fingerprint density at radius 1 is 1.30 bits per heavy atom. The number of halogens is 3. The predicted molar refractivity (Wildman–Crippen MR) is 112 cm³/mol. The number of aromatic nitrogens is 1. The summed E-state index contributed by atoms with van der Waals surface area (Å²) in [5, 5.41) is 0.955. The molecule has 2 heterocycles. The second-order valence-corrected chi connectivity index (χ2v) is 9.18. The number of benzene rings is 2. The summed E-state index contributed by atoms with van der Waals surface area (Å²) in [5.74, 6) is -0.507. The summed E-state index contributed by atoms with van der Waals surface area (Å²) >= 11 is 8.59. The normalized spacial score (nSPS) is 15.9. The number of esters is 1. The number of fused-ring (bicyclic) bond motifs is 3. The molecule has 140 valence electrons. The van der Waals surface area contributed by atoms with Crippen LogP contribution in [0.2, 0.25) is 0 Å². The highest BCUT2D eigenvalue weighted by molar-refractivity contribution is 9.11.